The molecule has 0 radical (unpaired) electrons. The number of carbonyl (C=O) groups is 1. The Kier molecular flexibility index (Phi) is 6.70. The van der Waals surface area contributed by atoms with Crippen molar-refractivity contribution in [3.8, 4) is 0 Å². The number of epoxide rings is 1. The van der Waals surface area contributed by atoms with Crippen molar-refractivity contribution < 1.29 is 14.3 Å². The van der Waals surface area contributed by atoms with Crippen molar-refractivity contribution in [1.82, 2.24) is 10.6 Å². The van der Waals surface area contributed by atoms with Gasteiger partial charge >= 0.3 is 0 Å². The normalized spacial score (nSPS) is 32.5. The first-order valence-electron chi connectivity index (χ1n) is 11.1. The maximum atomic E-state index is 13.0. The van der Waals surface area contributed by atoms with Gasteiger partial charge in [-0.25, -0.2) is 0 Å². The lowest BCUT2D eigenvalue weighted by Gasteiger charge is -2.50. The predicted molar refractivity (Wildman–Crippen MR) is 113 cm³/mol. The van der Waals surface area contributed by atoms with Crippen LogP contribution in [0.2, 0.25) is 0 Å². The molecule has 1 atom stereocenters. The van der Waals surface area contributed by atoms with Crippen LogP contribution in [0.15, 0.2) is 0 Å². The summed E-state index contributed by atoms with van der Waals surface area (Å²) in [5, 5.41) is 6.98. The highest BCUT2D eigenvalue weighted by Crippen LogP contribution is 2.46. The van der Waals surface area contributed by atoms with Gasteiger partial charge in [-0.15, -0.1) is 11.6 Å². The fraction of sp³-hybridized carbons (Fsp3) is 0.955. The minimum absolute atomic E-state index is 0.0941. The molecule has 1 unspecified atom stereocenters. The summed E-state index contributed by atoms with van der Waals surface area (Å²) in [5.74, 6) is 0.791. The third-order valence-electron chi connectivity index (χ3n) is 6.26. The number of piperidine rings is 1. The van der Waals surface area contributed by atoms with Gasteiger partial charge < -0.3 is 20.1 Å². The molecule has 1 aliphatic carbocycles. The Bertz CT molecular complexity index is 534. The van der Waals surface area contributed by atoms with Crippen molar-refractivity contribution in [3.63, 3.8) is 0 Å². The summed E-state index contributed by atoms with van der Waals surface area (Å²) in [6, 6.07) is 0. The first kappa shape index (κ1) is 22.3. The molecule has 1 saturated carbocycles. The molecule has 28 heavy (non-hydrogen) atoms. The van der Waals surface area contributed by atoms with E-state index in [9.17, 15) is 4.79 Å². The summed E-state index contributed by atoms with van der Waals surface area (Å²) in [5.41, 5.74) is -1.26. The number of hydrogen-bond donors (Lipinski definition) is 2. The van der Waals surface area contributed by atoms with E-state index in [-0.39, 0.29) is 17.0 Å². The average molecular weight is 415 g/mol. The monoisotopic (exact) mass is 414 g/mol. The second-order valence-corrected chi connectivity index (χ2v) is 10.8. The zero-order valence-electron chi connectivity index (χ0n) is 18.2. The van der Waals surface area contributed by atoms with Gasteiger partial charge in [0.15, 0.2) is 5.60 Å². The van der Waals surface area contributed by atoms with Crippen molar-refractivity contribution in [2.24, 2.45) is 0 Å². The Hall–Kier alpha value is -0.360. The maximum Gasteiger partial charge on any atom is 0.254 e. The van der Waals surface area contributed by atoms with Crippen LogP contribution in [0.25, 0.3) is 0 Å². The van der Waals surface area contributed by atoms with Crippen LogP contribution in [0, 0.1) is 0 Å². The van der Waals surface area contributed by atoms with Gasteiger partial charge in [0.2, 0.25) is 0 Å². The fourth-order valence-corrected chi connectivity index (χ4v) is 5.71. The highest BCUT2D eigenvalue weighted by molar-refractivity contribution is 6.18. The molecular weight excluding hydrogens is 376 g/mol. The summed E-state index contributed by atoms with van der Waals surface area (Å²) in [4.78, 5) is 13.0. The number of carbonyl (C=O) groups excluding carboxylic acids is 1. The Labute approximate surface area is 175 Å². The zero-order valence-corrected chi connectivity index (χ0v) is 18.9. The molecule has 2 spiro atoms. The molecule has 1 amide bonds. The predicted octanol–water partition coefficient (Wildman–Crippen LogP) is 4.27. The van der Waals surface area contributed by atoms with Crippen LogP contribution in [0.3, 0.4) is 0 Å². The highest BCUT2D eigenvalue weighted by Gasteiger charge is 2.60. The first-order valence-corrected chi connectivity index (χ1v) is 11.6. The van der Waals surface area contributed by atoms with Crippen LogP contribution >= 0.6 is 11.6 Å². The number of amides is 1. The second-order valence-electron chi connectivity index (χ2n) is 10.5. The van der Waals surface area contributed by atoms with Gasteiger partial charge in [0, 0.05) is 23.9 Å². The molecule has 3 saturated heterocycles. The smallest absolute Gasteiger partial charge is 0.254 e. The molecule has 0 aromatic carbocycles. The van der Waals surface area contributed by atoms with Gasteiger partial charge in [0.05, 0.1) is 18.6 Å². The molecule has 6 heteroatoms. The van der Waals surface area contributed by atoms with E-state index in [4.69, 9.17) is 21.1 Å². The Morgan fingerprint density at radius 1 is 0.964 bits per heavy atom. The van der Waals surface area contributed by atoms with Gasteiger partial charge in [-0.1, -0.05) is 25.7 Å². The minimum Gasteiger partial charge on any atom is -0.372 e. The SMILES string of the molecule is CC1(C)CC2(CC(C)(C)N1)OC1(CCCCCCCC1)NC2=O.ClCC1CO1. The molecule has 162 valence electrons. The Balaban J connectivity index is 0.000000391. The molecular formula is C22H39ClN2O3. The number of alkyl halides is 1. The zero-order chi connectivity index (χ0) is 20.5. The molecule has 0 aromatic heterocycles. The largest absolute Gasteiger partial charge is 0.372 e. The number of hydrogen-bond acceptors (Lipinski definition) is 4. The van der Waals surface area contributed by atoms with Gasteiger partial charge in [-0.3, -0.25) is 4.79 Å². The van der Waals surface area contributed by atoms with Crippen molar-refractivity contribution in [1.29, 1.82) is 0 Å². The van der Waals surface area contributed by atoms with Crippen LogP contribution in [0.5, 0.6) is 0 Å². The van der Waals surface area contributed by atoms with Crippen molar-refractivity contribution in [3.05, 3.63) is 0 Å². The number of nitrogens with one attached hydrogen (secondary N) is 2. The summed E-state index contributed by atoms with van der Waals surface area (Å²) in [6.07, 6.45) is 11.3. The first-order chi connectivity index (χ1) is 13.1. The summed E-state index contributed by atoms with van der Waals surface area (Å²) >= 11 is 5.27. The van der Waals surface area contributed by atoms with Crippen molar-refractivity contribution >= 4 is 17.5 Å². The highest BCUT2D eigenvalue weighted by atomic mass is 35.5. The number of ether oxygens (including phenoxy) is 2. The Morgan fingerprint density at radius 2 is 1.46 bits per heavy atom. The van der Waals surface area contributed by atoms with E-state index in [0.29, 0.717) is 12.0 Å². The van der Waals surface area contributed by atoms with Crippen LogP contribution in [0.1, 0.15) is 91.9 Å². The molecule has 0 aromatic rings. The van der Waals surface area contributed by atoms with Crippen molar-refractivity contribution in [2.75, 3.05) is 12.5 Å². The van der Waals surface area contributed by atoms with Gasteiger partial charge in [-0.2, -0.15) is 0 Å². The van der Waals surface area contributed by atoms with E-state index < -0.39 is 11.3 Å². The van der Waals surface area contributed by atoms with E-state index in [2.05, 4.69) is 38.3 Å². The molecule has 3 aliphatic heterocycles. The third kappa shape index (κ3) is 5.62. The summed E-state index contributed by atoms with van der Waals surface area (Å²) < 4.78 is 11.4. The lowest BCUT2D eigenvalue weighted by Crippen LogP contribution is -2.65. The maximum absolute atomic E-state index is 13.0. The van der Waals surface area contributed by atoms with Crippen LogP contribution < -0.4 is 10.6 Å². The number of halogens is 1. The standard InChI is InChI=1S/C19H34N2O2.C3H5ClO/c1-16(2)13-18(14-17(3,4)21-16)15(22)20-19(23-18)11-9-7-5-6-8-10-12-19;4-1-3-2-5-3/h21H,5-14H2,1-4H3,(H,20,22);3H,1-2H2. The van der Waals surface area contributed by atoms with E-state index in [1.807, 2.05) is 0 Å². The lowest BCUT2D eigenvalue weighted by atomic mass is 9.72. The van der Waals surface area contributed by atoms with E-state index in [0.717, 1.165) is 45.1 Å². The molecule has 4 fully saturated rings. The molecule has 0 bridgehead atoms. The Morgan fingerprint density at radius 3 is 1.89 bits per heavy atom. The molecule has 5 nitrogen and oxygen atoms in total. The summed E-state index contributed by atoms with van der Waals surface area (Å²) in [7, 11) is 0. The van der Waals surface area contributed by atoms with Gasteiger partial charge in [0.25, 0.3) is 5.91 Å². The van der Waals surface area contributed by atoms with E-state index >= 15 is 0 Å². The number of rotatable bonds is 1. The van der Waals surface area contributed by atoms with Crippen molar-refractivity contribution in [2.45, 2.75) is 120 Å². The quantitative estimate of drug-likeness (QED) is 0.497. The average Bonchev–Trinajstić information content (AvgIpc) is 3.34. The third-order valence-corrected chi connectivity index (χ3v) is 6.61. The molecule has 3 heterocycles. The lowest BCUT2D eigenvalue weighted by molar-refractivity contribution is -0.165. The van der Waals surface area contributed by atoms with Crippen LogP contribution in [-0.2, 0) is 14.3 Å². The van der Waals surface area contributed by atoms with E-state index in [1.54, 1.807) is 0 Å². The van der Waals surface area contributed by atoms with Crippen LogP contribution in [-0.4, -0.2) is 46.9 Å². The minimum atomic E-state index is -0.660. The van der Waals surface area contributed by atoms with E-state index in [1.165, 1.54) is 25.7 Å². The fourth-order valence-electron chi connectivity index (χ4n) is 5.53. The molecule has 4 aliphatic rings. The van der Waals surface area contributed by atoms with Crippen LogP contribution in [0.4, 0.5) is 0 Å². The second kappa shape index (κ2) is 8.41. The molecule has 4 rings (SSSR count). The summed E-state index contributed by atoms with van der Waals surface area (Å²) in [6.45, 7) is 9.60. The van der Waals surface area contributed by atoms with Gasteiger partial charge in [0.1, 0.15) is 5.72 Å². The molecule has 2 N–H and O–H groups in total. The topological polar surface area (TPSA) is 62.9 Å². The van der Waals surface area contributed by atoms with Gasteiger partial charge in [-0.05, 0) is 53.4 Å².